The van der Waals surface area contributed by atoms with E-state index in [-0.39, 0.29) is 18.3 Å². The van der Waals surface area contributed by atoms with E-state index >= 15 is 0 Å². The van der Waals surface area contributed by atoms with Crippen LogP contribution in [0.5, 0.6) is 0 Å². The maximum Gasteiger partial charge on any atom is 0.215 e. The molecule has 0 aromatic rings. The van der Waals surface area contributed by atoms with Crippen LogP contribution in [0.4, 0.5) is 0 Å². The van der Waals surface area contributed by atoms with Crippen LogP contribution in [0, 0.1) is 0 Å². The van der Waals surface area contributed by atoms with Gasteiger partial charge in [0.25, 0.3) is 0 Å². The number of thiocarbonyl (C=S) groups is 1. The summed E-state index contributed by atoms with van der Waals surface area (Å²) in [6.45, 7) is 2.75. The fraction of sp³-hybridized carbons (Fsp3) is 0.889. The molecule has 0 radical (unpaired) electrons. The van der Waals surface area contributed by atoms with E-state index in [4.69, 9.17) is 17.0 Å². The number of rotatable bonds is 7. The van der Waals surface area contributed by atoms with E-state index in [1.165, 1.54) is 18.4 Å². The van der Waals surface area contributed by atoms with Crippen LogP contribution < -0.4 is 10.6 Å². The molecule has 1 atom stereocenters. The van der Waals surface area contributed by atoms with Crippen molar-refractivity contribution in [2.75, 3.05) is 40.1 Å². The Balaban J connectivity index is 3.87. The van der Waals surface area contributed by atoms with Gasteiger partial charge in [0.15, 0.2) is 5.11 Å². The van der Waals surface area contributed by atoms with Gasteiger partial charge in [-0.05, 0) is 19.1 Å². The molecule has 0 fully saturated rings. The summed E-state index contributed by atoms with van der Waals surface area (Å²) < 4.78 is 29.0. The molecule has 0 aromatic heterocycles. The highest BCUT2D eigenvalue weighted by Gasteiger charge is 2.13. The van der Waals surface area contributed by atoms with Gasteiger partial charge in [-0.25, -0.2) is 12.7 Å². The van der Waals surface area contributed by atoms with Crippen molar-refractivity contribution >= 4 is 27.4 Å². The zero-order valence-corrected chi connectivity index (χ0v) is 12.3. The second kappa shape index (κ2) is 7.80. The summed E-state index contributed by atoms with van der Waals surface area (Å²) in [6.07, 6.45) is 0. The van der Waals surface area contributed by atoms with Crippen LogP contribution in [0.25, 0.3) is 0 Å². The van der Waals surface area contributed by atoms with Crippen LogP contribution in [0.15, 0.2) is 0 Å². The average molecular weight is 283 g/mol. The number of nitrogens with zero attached hydrogens (tertiary/aromatic N) is 1. The van der Waals surface area contributed by atoms with Crippen molar-refractivity contribution in [1.29, 1.82) is 0 Å². The Kier molecular flexibility index (Phi) is 7.60. The molecule has 6 nitrogen and oxygen atoms in total. The summed E-state index contributed by atoms with van der Waals surface area (Å²) in [6, 6.07) is 0.0884. The van der Waals surface area contributed by atoms with E-state index < -0.39 is 10.0 Å². The third-order valence-corrected chi connectivity index (χ3v) is 4.09. The number of methoxy groups -OCH3 is 1. The second-order valence-corrected chi connectivity index (χ2v) is 6.57. The normalized spacial score (nSPS) is 13.5. The van der Waals surface area contributed by atoms with Crippen molar-refractivity contribution in [1.82, 2.24) is 14.9 Å². The highest BCUT2D eigenvalue weighted by Crippen LogP contribution is 1.92. The predicted molar refractivity (Wildman–Crippen MR) is 72.5 cm³/mol. The van der Waals surface area contributed by atoms with Gasteiger partial charge in [-0.15, -0.1) is 0 Å². The van der Waals surface area contributed by atoms with E-state index in [2.05, 4.69) is 10.6 Å². The topological polar surface area (TPSA) is 70.7 Å². The van der Waals surface area contributed by atoms with Crippen LogP contribution in [0.1, 0.15) is 6.92 Å². The van der Waals surface area contributed by atoms with Gasteiger partial charge in [-0.1, -0.05) is 0 Å². The molecule has 0 rings (SSSR count). The highest BCUT2D eigenvalue weighted by atomic mass is 32.2. The number of hydrogen-bond acceptors (Lipinski definition) is 4. The maximum absolute atomic E-state index is 11.4. The molecule has 8 heteroatoms. The van der Waals surface area contributed by atoms with E-state index in [1.54, 1.807) is 7.11 Å². The summed E-state index contributed by atoms with van der Waals surface area (Å²) in [4.78, 5) is 0. The standard InChI is InChI=1S/C9H21N3O3S2/c1-8(7-15-4)11-9(16)10-5-6-17(13,14)12(2)3/h8H,5-7H2,1-4H3,(H2,10,11,16). The first-order valence-electron chi connectivity index (χ1n) is 5.23. The minimum atomic E-state index is -3.17. The van der Waals surface area contributed by atoms with Crippen molar-refractivity contribution in [3.8, 4) is 0 Å². The van der Waals surface area contributed by atoms with Gasteiger partial charge < -0.3 is 15.4 Å². The Morgan fingerprint density at radius 3 is 2.53 bits per heavy atom. The van der Waals surface area contributed by atoms with Gasteiger partial charge >= 0.3 is 0 Å². The molecule has 0 spiro atoms. The van der Waals surface area contributed by atoms with E-state index in [0.29, 0.717) is 11.7 Å². The molecular formula is C9H21N3O3S2. The van der Waals surface area contributed by atoms with Crippen LogP contribution in [0.2, 0.25) is 0 Å². The predicted octanol–water partition coefficient (Wildman–Crippen LogP) is -0.623. The van der Waals surface area contributed by atoms with E-state index in [0.717, 1.165) is 0 Å². The molecule has 102 valence electrons. The second-order valence-electron chi connectivity index (χ2n) is 3.86. The minimum absolute atomic E-state index is 0.0144. The largest absolute Gasteiger partial charge is 0.383 e. The van der Waals surface area contributed by atoms with Gasteiger partial charge in [0.2, 0.25) is 10.0 Å². The monoisotopic (exact) mass is 283 g/mol. The number of ether oxygens (including phenoxy) is 1. The molecule has 0 bridgehead atoms. The first-order chi connectivity index (χ1) is 7.79. The van der Waals surface area contributed by atoms with Crippen LogP contribution in [-0.2, 0) is 14.8 Å². The molecule has 0 heterocycles. The van der Waals surface area contributed by atoms with Gasteiger partial charge in [0, 0.05) is 33.8 Å². The Bertz CT molecular complexity index is 330. The Morgan fingerprint density at radius 1 is 1.47 bits per heavy atom. The third kappa shape index (κ3) is 7.48. The first-order valence-corrected chi connectivity index (χ1v) is 7.25. The van der Waals surface area contributed by atoms with Crippen molar-refractivity contribution < 1.29 is 13.2 Å². The van der Waals surface area contributed by atoms with E-state index in [9.17, 15) is 8.42 Å². The molecule has 1 unspecified atom stereocenters. The Labute approximate surface area is 109 Å². The van der Waals surface area contributed by atoms with Crippen molar-refractivity contribution in [3.05, 3.63) is 0 Å². The molecule has 0 aliphatic heterocycles. The third-order valence-electron chi connectivity index (χ3n) is 2.00. The van der Waals surface area contributed by atoms with Gasteiger partial charge in [0.1, 0.15) is 0 Å². The Hall–Kier alpha value is -0.440. The maximum atomic E-state index is 11.4. The molecular weight excluding hydrogens is 262 g/mol. The number of hydrogen-bond donors (Lipinski definition) is 2. The summed E-state index contributed by atoms with van der Waals surface area (Å²) >= 11 is 5.01. The fourth-order valence-corrected chi connectivity index (χ4v) is 2.07. The SMILES string of the molecule is COCC(C)NC(=S)NCCS(=O)(=O)N(C)C. The molecule has 2 N–H and O–H groups in total. The summed E-state index contributed by atoms with van der Waals surface area (Å²) in [7, 11) is 1.45. The van der Waals surface area contributed by atoms with Crippen molar-refractivity contribution in [3.63, 3.8) is 0 Å². The molecule has 0 saturated heterocycles. The Morgan fingerprint density at radius 2 is 2.06 bits per heavy atom. The van der Waals surface area contributed by atoms with Crippen molar-refractivity contribution in [2.45, 2.75) is 13.0 Å². The lowest BCUT2D eigenvalue weighted by atomic mass is 10.4. The van der Waals surface area contributed by atoms with Gasteiger partial charge in [-0.2, -0.15) is 0 Å². The fourth-order valence-electron chi connectivity index (χ4n) is 1.04. The van der Waals surface area contributed by atoms with E-state index in [1.807, 2.05) is 6.92 Å². The van der Waals surface area contributed by atoms with Crippen LogP contribution in [0.3, 0.4) is 0 Å². The van der Waals surface area contributed by atoms with Crippen LogP contribution >= 0.6 is 12.2 Å². The zero-order valence-electron chi connectivity index (χ0n) is 10.7. The molecule has 0 saturated carbocycles. The smallest absolute Gasteiger partial charge is 0.215 e. The average Bonchev–Trinajstić information content (AvgIpc) is 2.16. The lowest BCUT2D eigenvalue weighted by Crippen LogP contribution is -2.44. The summed E-state index contributed by atoms with van der Waals surface area (Å²) in [5.41, 5.74) is 0. The number of nitrogens with one attached hydrogen (secondary N) is 2. The van der Waals surface area contributed by atoms with Gasteiger partial charge in [-0.3, -0.25) is 0 Å². The van der Waals surface area contributed by atoms with Gasteiger partial charge in [0.05, 0.1) is 12.4 Å². The molecule has 0 aromatic carbocycles. The lowest BCUT2D eigenvalue weighted by Gasteiger charge is -2.17. The molecule has 0 amide bonds. The summed E-state index contributed by atoms with van der Waals surface area (Å²) in [5.74, 6) is 0.0144. The highest BCUT2D eigenvalue weighted by molar-refractivity contribution is 7.89. The minimum Gasteiger partial charge on any atom is -0.383 e. The first kappa shape index (κ1) is 16.6. The summed E-state index contributed by atoms with van der Waals surface area (Å²) in [5, 5.41) is 6.26. The molecule has 17 heavy (non-hydrogen) atoms. The zero-order chi connectivity index (χ0) is 13.5. The number of sulfonamides is 1. The molecule has 0 aliphatic rings. The quantitative estimate of drug-likeness (QED) is 0.607. The van der Waals surface area contributed by atoms with Crippen LogP contribution in [-0.4, -0.2) is 64.0 Å². The van der Waals surface area contributed by atoms with Crippen molar-refractivity contribution in [2.24, 2.45) is 0 Å². The lowest BCUT2D eigenvalue weighted by molar-refractivity contribution is 0.179. The molecule has 0 aliphatic carbocycles.